The fourth-order valence-electron chi connectivity index (χ4n) is 3.83. The quantitative estimate of drug-likeness (QED) is 0.721. The Hall–Kier alpha value is -2.42. The number of rotatable bonds is 4. The number of alkyl halides is 3. The molecule has 28 heavy (non-hydrogen) atoms. The van der Waals surface area contributed by atoms with Crippen LogP contribution >= 0.6 is 0 Å². The highest BCUT2D eigenvalue weighted by Crippen LogP contribution is 2.38. The number of aromatic nitrogens is 4. The molecular formula is C19H20F3N5O. The van der Waals surface area contributed by atoms with Crippen LogP contribution in [-0.2, 0) is 12.7 Å². The van der Waals surface area contributed by atoms with E-state index in [-0.39, 0.29) is 11.4 Å². The molecule has 0 bridgehead atoms. The monoisotopic (exact) mass is 391 g/mol. The van der Waals surface area contributed by atoms with Gasteiger partial charge in [-0.25, -0.2) is 9.97 Å². The predicted octanol–water partition coefficient (Wildman–Crippen LogP) is 4.22. The van der Waals surface area contributed by atoms with E-state index in [4.69, 9.17) is 4.42 Å². The fourth-order valence-corrected chi connectivity index (χ4v) is 3.83. The molecule has 9 heteroatoms. The summed E-state index contributed by atoms with van der Waals surface area (Å²) >= 11 is 0. The van der Waals surface area contributed by atoms with Crippen molar-refractivity contribution >= 4 is 11.1 Å². The van der Waals surface area contributed by atoms with Crippen molar-refractivity contribution in [1.82, 2.24) is 25.1 Å². The molecule has 1 aromatic carbocycles. The molecule has 2 aromatic heterocycles. The molecule has 0 radical (unpaired) electrons. The first-order chi connectivity index (χ1) is 13.5. The molecule has 148 valence electrons. The molecule has 0 spiro atoms. The lowest BCUT2D eigenvalue weighted by molar-refractivity contribution is -0.137. The maximum Gasteiger partial charge on any atom is 0.416 e. The van der Waals surface area contributed by atoms with E-state index in [1.54, 1.807) is 0 Å². The Morgan fingerprint density at radius 3 is 2.79 bits per heavy atom. The summed E-state index contributed by atoms with van der Waals surface area (Å²) in [4.78, 5) is 11.1. The molecule has 6 nitrogen and oxygen atoms in total. The number of nitrogens with one attached hydrogen (secondary N) is 1. The summed E-state index contributed by atoms with van der Waals surface area (Å²) in [5.74, 6) is 3.08. The smallest absolute Gasteiger partial charge is 0.416 e. The maximum atomic E-state index is 12.9. The Labute approximate surface area is 159 Å². The van der Waals surface area contributed by atoms with Crippen molar-refractivity contribution in [1.29, 1.82) is 0 Å². The Morgan fingerprint density at radius 2 is 2.00 bits per heavy atom. The number of piperidine rings is 1. The van der Waals surface area contributed by atoms with E-state index < -0.39 is 11.7 Å². The van der Waals surface area contributed by atoms with Gasteiger partial charge in [-0.3, -0.25) is 10.00 Å². The van der Waals surface area contributed by atoms with Crippen LogP contribution in [0.2, 0.25) is 0 Å². The van der Waals surface area contributed by atoms with Gasteiger partial charge >= 0.3 is 6.18 Å². The van der Waals surface area contributed by atoms with E-state index in [1.165, 1.54) is 18.9 Å². The van der Waals surface area contributed by atoms with E-state index in [9.17, 15) is 13.2 Å². The van der Waals surface area contributed by atoms with Crippen LogP contribution < -0.4 is 0 Å². The molecule has 1 aliphatic carbocycles. The van der Waals surface area contributed by atoms with Crippen molar-refractivity contribution in [2.75, 3.05) is 13.1 Å². The standard InChI is InChI=1S/C19H20F3N5O/c20-19(21,22)13-5-6-15-14(8-13)23-16(28-15)10-27-7-1-2-12(9-27)18-24-17(25-26-18)11-3-4-11/h5-6,8,11-12H,1-4,7,9-10H2,(H,24,25,26). The summed E-state index contributed by atoms with van der Waals surface area (Å²) in [5, 5.41) is 7.46. The number of likely N-dealkylation sites (tertiary alicyclic amines) is 1. The first-order valence-electron chi connectivity index (χ1n) is 9.57. The zero-order valence-corrected chi connectivity index (χ0v) is 15.2. The molecule has 1 N–H and O–H groups in total. The highest BCUT2D eigenvalue weighted by Gasteiger charge is 2.32. The molecule has 1 atom stereocenters. The average Bonchev–Trinajstić information content (AvgIpc) is 3.25. The highest BCUT2D eigenvalue weighted by molar-refractivity contribution is 5.73. The van der Waals surface area contributed by atoms with Gasteiger partial charge in [0.15, 0.2) is 11.4 Å². The van der Waals surface area contributed by atoms with Crippen LogP contribution in [0, 0.1) is 0 Å². The van der Waals surface area contributed by atoms with Crippen LogP contribution in [0.3, 0.4) is 0 Å². The van der Waals surface area contributed by atoms with Crippen LogP contribution in [0.5, 0.6) is 0 Å². The third-order valence-electron chi connectivity index (χ3n) is 5.47. The van der Waals surface area contributed by atoms with Crippen LogP contribution in [0.1, 0.15) is 60.6 Å². The van der Waals surface area contributed by atoms with Crippen LogP contribution in [0.4, 0.5) is 13.2 Å². The largest absolute Gasteiger partial charge is 0.439 e. The van der Waals surface area contributed by atoms with Gasteiger partial charge in [0.05, 0.1) is 12.1 Å². The van der Waals surface area contributed by atoms with Crippen LogP contribution in [0.25, 0.3) is 11.1 Å². The number of hydrogen-bond donors (Lipinski definition) is 1. The SMILES string of the molecule is FC(F)(F)c1ccc2oc(CN3CCCC(c4n[nH]c(C5CC5)n4)C3)nc2c1. The van der Waals surface area contributed by atoms with Crippen LogP contribution in [0.15, 0.2) is 22.6 Å². The Bertz CT molecular complexity index is 991. The zero-order valence-electron chi connectivity index (χ0n) is 15.2. The number of H-pyrrole nitrogens is 1. The molecular weight excluding hydrogens is 371 g/mol. The van der Waals surface area contributed by atoms with Gasteiger partial charge in [0, 0.05) is 18.4 Å². The summed E-state index contributed by atoms with van der Waals surface area (Å²) in [7, 11) is 0. The normalized spacial score (nSPS) is 21.5. The zero-order chi connectivity index (χ0) is 19.3. The predicted molar refractivity (Wildman–Crippen MR) is 94.6 cm³/mol. The number of halogens is 3. The molecule has 0 amide bonds. The summed E-state index contributed by atoms with van der Waals surface area (Å²) < 4.78 is 44.3. The average molecular weight is 391 g/mol. The lowest BCUT2D eigenvalue weighted by Crippen LogP contribution is -2.34. The van der Waals surface area contributed by atoms with Gasteiger partial charge in [-0.05, 0) is 50.4 Å². The van der Waals surface area contributed by atoms with Crippen LogP contribution in [-0.4, -0.2) is 38.2 Å². The summed E-state index contributed by atoms with van der Waals surface area (Å²) in [5.41, 5.74) is -0.102. The number of hydrogen-bond acceptors (Lipinski definition) is 5. The molecule has 3 aromatic rings. The van der Waals surface area contributed by atoms with Crippen molar-refractivity contribution in [3.63, 3.8) is 0 Å². The Balaban J connectivity index is 1.29. The third-order valence-corrected chi connectivity index (χ3v) is 5.47. The second-order valence-corrected chi connectivity index (χ2v) is 7.72. The number of oxazole rings is 1. The molecule has 2 aliphatic rings. The summed E-state index contributed by atoms with van der Waals surface area (Å²) in [6, 6.07) is 3.39. The van der Waals surface area contributed by atoms with Crippen molar-refractivity contribution in [2.24, 2.45) is 0 Å². The van der Waals surface area contributed by atoms with Gasteiger partial charge in [-0.1, -0.05) is 0 Å². The summed E-state index contributed by atoms with van der Waals surface area (Å²) in [6.45, 7) is 2.14. The number of aromatic amines is 1. The van der Waals surface area contributed by atoms with E-state index in [1.807, 2.05) is 0 Å². The Kier molecular flexibility index (Phi) is 4.15. The minimum Gasteiger partial charge on any atom is -0.439 e. The topological polar surface area (TPSA) is 70.8 Å². The van der Waals surface area contributed by atoms with Gasteiger partial charge in [0.25, 0.3) is 0 Å². The van der Waals surface area contributed by atoms with Gasteiger partial charge in [0.1, 0.15) is 11.3 Å². The van der Waals surface area contributed by atoms with Gasteiger partial charge in [-0.2, -0.15) is 18.3 Å². The number of nitrogens with zero attached hydrogens (tertiary/aromatic N) is 4. The molecule has 3 heterocycles. The number of benzene rings is 1. The molecule has 1 saturated heterocycles. The van der Waals surface area contributed by atoms with E-state index in [0.717, 1.165) is 49.7 Å². The second kappa shape index (κ2) is 6.58. The molecule has 2 fully saturated rings. The Morgan fingerprint density at radius 1 is 1.14 bits per heavy atom. The molecule has 1 saturated carbocycles. The van der Waals surface area contributed by atoms with Crippen molar-refractivity contribution < 1.29 is 17.6 Å². The maximum absolute atomic E-state index is 12.9. The van der Waals surface area contributed by atoms with Gasteiger partial charge < -0.3 is 4.42 Å². The number of fused-ring (bicyclic) bond motifs is 1. The second-order valence-electron chi connectivity index (χ2n) is 7.72. The molecule has 1 unspecified atom stereocenters. The molecule has 5 rings (SSSR count). The molecule has 1 aliphatic heterocycles. The summed E-state index contributed by atoms with van der Waals surface area (Å²) in [6.07, 6.45) is 0.0130. The fraction of sp³-hybridized carbons (Fsp3) is 0.526. The van der Waals surface area contributed by atoms with E-state index in [0.29, 0.717) is 23.9 Å². The first kappa shape index (κ1) is 17.7. The highest BCUT2D eigenvalue weighted by atomic mass is 19.4. The van der Waals surface area contributed by atoms with E-state index in [2.05, 4.69) is 25.1 Å². The minimum absolute atomic E-state index is 0.237. The first-order valence-corrected chi connectivity index (χ1v) is 9.57. The lowest BCUT2D eigenvalue weighted by Gasteiger charge is -2.30. The van der Waals surface area contributed by atoms with Gasteiger partial charge in [-0.15, -0.1) is 0 Å². The third kappa shape index (κ3) is 3.50. The lowest BCUT2D eigenvalue weighted by atomic mass is 9.97. The van der Waals surface area contributed by atoms with Crippen molar-refractivity contribution in [3.8, 4) is 0 Å². The van der Waals surface area contributed by atoms with Crippen molar-refractivity contribution in [3.05, 3.63) is 41.3 Å². The van der Waals surface area contributed by atoms with E-state index >= 15 is 0 Å². The minimum atomic E-state index is -4.39. The van der Waals surface area contributed by atoms with Crippen molar-refractivity contribution in [2.45, 2.75) is 50.2 Å². The van der Waals surface area contributed by atoms with Gasteiger partial charge in [0.2, 0.25) is 5.89 Å².